The van der Waals surface area contributed by atoms with Crippen LogP contribution in [0.5, 0.6) is 11.5 Å². The molecule has 0 aliphatic rings. The number of benzene rings is 2. The van der Waals surface area contributed by atoms with Crippen molar-refractivity contribution >= 4 is 28.5 Å². The largest absolute Gasteiger partial charge is 0.504 e. The van der Waals surface area contributed by atoms with E-state index in [0.29, 0.717) is 12.2 Å². The van der Waals surface area contributed by atoms with Crippen LogP contribution < -0.4 is 0 Å². The maximum absolute atomic E-state index is 11.0. The van der Waals surface area contributed by atoms with E-state index in [4.69, 9.17) is 0 Å². The summed E-state index contributed by atoms with van der Waals surface area (Å²) < 4.78 is 4.57. The zero-order valence-corrected chi connectivity index (χ0v) is 11.2. The number of rotatable bonds is 4. The fourth-order valence-electron chi connectivity index (χ4n) is 1.70. The molecular weight excluding hydrogens is 264 g/mol. The minimum Gasteiger partial charge on any atom is -0.504 e. The molecule has 0 radical (unpaired) electrons. The fraction of sp³-hybridized carbons (Fsp3) is 0.214. The van der Waals surface area contributed by atoms with Crippen LogP contribution >= 0.6 is 11.8 Å². The lowest BCUT2D eigenvalue weighted by atomic mass is 10.1. The topological polar surface area (TPSA) is 66.8 Å². The van der Waals surface area contributed by atoms with Crippen molar-refractivity contribution in [2.24, 2.45) is 0 Å². The second kappa shape index (κ2) is 5.84. The first kappa shape index (κ1) is 13.5. The highest BCUT2D eigenvalue weighted by Gasteiger charge is 2.05. The first-order valence-electron chi connectivity index (χ1n) is 5.75. The van der Waals surface area contributed by atoms with Gasteiger partial charge in [-0.25, -0.2) is 0 Å². The Morgan fingerprint density at radius 1 is 1.16 bits per heavy atom. The molecule has 0 atom stereocenters. The van der Waals surface area contributed by atoms with Gasteiger partial charge in [0.15, 0.2) is 11.5 Å². The Labute approximate surface area is 115 Å². The van der Waals surface area contributed by atoms with Crippen molar-refractivity contribution in [1.29, 1.82) is 0 Å². The van der Waals surface area contributed by atoms with Crippen molar-refractivity contribution in [2.45, 2.75) is 11.3 Å². The predicted molar refractivity (Wildman–Crippen MR) is 74.6 cm³/mol. The third kappa shape index (κ3) is 3.32. The van der Waals surface area contributed by atoms with E-state index in [2.05, 4.69) is 4.74 Å². The molecule has 0 aromatic heterocycles. The van der Waals surface area contributed by atoms with Gasteiger partial charge in [-0.2, -0.15) is 0 Å². The molecule has 0 fully saturated rings. The number of carbonyl (C=O) groups excluding carboxylic acids is 1. The first-order chi connectivity index (χ1) is 9.10. The minimum atomic E-state index is -0.226. The van der Waals surface area contributed by atoms with Gasteiger partial charge >= 0.3 is 5.97 Å². The van der Waals surface area contributed by atoms with E-state index in [1.54, 1.807) is 11.8 Å². The third-order valence-corrected chi connectivity index (χ3v) is 3.70. The summed E-state index contributed by atoms with van der Waals surface area (Å²) in [5.74, 6) is 0.154. The molecular formula is C14H14O4S. The summed E-state index contributed by atoms with van der Waals surface area (Å²) in [6.07, 6.45) is 0.361. The van der Waals surface area contributed by atoms with Crippen molar-refractivity contribution in [3.05, 3.63) is 30.3 Å². The van der Waals surface area contributed by atoms with Crippen LogP contribution in [0.4, 0.5) is 0 Å². The second-order valence-corrected chi connectivity index (χ2v) is 5.19. The van der Waals surface area contributed by atoms with E-state index in [1.807, 2.05) is 18.2 Å². The number of hydrogen-bond acceptors (Lipinski definition) is 5. The highest BCUT2D eigenvalue weighted by Crippen LogP contribution is 2.32. The Kier molecular flexibility index (Phi) is 4.16. The lowest BCUT2D eigenvalue weighted by Gasteiger charge is -2.05. The molecule has 2 rings (SSSR count). The molecule has 19 heavy (non-hydrogen) atoms. The third-order valence-electron chi connectivity index (χ3n) is 2.71. The van der Waals surface area contributed by atoms with Gasteiger partial charge in [0.2, 0.25) is 0 Å². The lowest BCUT2D eigenvalue weighted by molar-refractivity contribution is -0.140. The van der Waals surface area contributed by atoms with Gasteiger partial charge in [-0.3, -0.25) is 4.79 Å². The molecule has 0 spiro atoms. The van der Waals surface area contributed by atoms with Crippen molar-refractivity contribution in [3.8, 4) is 11.5 Å². The van der Waals surface area contributed by atoms with Crippen LogP contribution in [-0.4, -0.2) is 29.0 Å². The average Bonchev–Trinajstić information content (AvgIpc) is 2.40. The summed E-state index contributed by atoms with van der Waals surface area (Å²) in [5, 5.41) is 20.6. The van der Waals surface area contributed by atoms with Gasteiger partial charge in [-0.1, -0.05) is 6.07 Å². The van der Waals surface area contributed by atoms with E-state index >= 15 is 0 Å². The molecule has 100 valence electrons. The van der Waals surface area contributed by atoms with Crippen LogP contribution in [0, 0.1) is 0 Å². The summed E-state index contributed by atoms with van der Waals surface area (Å²) in [7, 11) is 1.37. The number of fused-ring (bicyclic) bond motifs is 1. The standard InChI is InChI=1S/C14H14O4S/c1-18-14(17)4-5-19-11-3-2-9-7-12(15)13(16)8-10(9)6-11/h2-3,6-8,15-16H,4-5H2,1H3. The van der Waals surface area contributed by atoms with Crippen LogP contribution in [0.2, 0.25) is 0 Å². The number of hydrogen-bond donors (Lipinski definition) is 2. The van der Waals surface area contributed by atoms with Gasteiger partial charge in [0.25, 0.3) is 0 Å². The smallest absolute Gasteiger partial charge is 0.306 e. The Balaban J connectivity index is 2.13. The van der Waals surface area contributed by atoms with Crippen LogP contribution in [0.25, 0.3) is 10.8 Å². The molecule has 4 nitrogen and oxygen atoms in total. The Morgan fingerprint density at radius 3 is 2.53 bits per heavy atom. The fourth-order valence-corrected chi connectivity index (χ4v) is 2.57. The molecule has 0 saturated carbocycles. The van der Waals surface area contributed by atoms with Gasteiger partial charge in [0.1, 0.15) is 0 Å². The Hall–Kier alpha value is -1.88. The quantitative estimate of drug-likeness (QED) is 0.511. The first-order valence-corrected chi connectivity index (χ1v) is 6.74. The van der Waals surface area contributed by atoms with E-state index in [9.17, 15) is 15.0 Å². The number of carbonyl (C=O) groups is 1. The molecule has 0 aliphatic heterocycles. The number of ether oxygens (including phenoxy) is 1. The monoisotopic (exact) mass is 278 g/mol. The van der Waals surface area contributed by atoms with Gasteiger partial charge in [0.05, 0.1) is 13.5 Å². The molecule has 0 saturated heterocycles. The number of esters is 1. The normalized spacial score (nSPS) is 10.6. The molecule has 0 aliphatic carbocycles. The number of phenols is 2. The number of methoxy groups -OCH3 is 1. The second-order valence-electron chi connectivity index (χ2n) is 4.02. The zero-order chi connectivity index (χ0) is 13.8. The molecule has 2 aromatic carbocycles. The van der Waals surface area contributed by atoms with E-state index in [-0.39, 0.29) is 17.5 Å². The van der Waals surface area contributed by atoms with Gasteiger partial charge in [-0.15, -0.1) is 11.8 Å². The van der Waals surface area contributed by atoms with E-state index < -0.39 is 0 Å². The molecule has 0 unspecified atom stereocenters. The van der Waals surface area contributed by atoms with Crippen molar-refractivity contribution in [3.63, 3.8) is 0 Å². The molecule has 5 heteroatoms. The maximum Gasteiger partial charge on any atom is 0.306 e. The van der Waals surface area contributed by atoms with Gasteiger partial charge < -0.3 is 14.9 Å². The summed E-state index contributed by atoms with van der Waals surface area (Å²) >= 11 is 1.54. The van der Waals surface area contributed by atoms with Crippen molar-refractivity contribution in [2.75, 3.05) is 12.9 Å². The van der Waals surface area contributed by atoms with Crippen molar-refractivity contribution in [1.82, 2.24) is 0 Å². The summed E-state index contributed by atoms with van der Waals surface area (Å²) in [6.45, 7) is 0. The highest BCUT2D eigenvalue weighted by atomic mass is 32.2. The molecule has 2 N–H and O–H groups in total. The van der Waals surface area contributed by atoms with Crippen LogP contribution in [-0.2, 0) is 9.53 Å². The zero-order valence-electron chi connectivity index (χ0n) is 10.4. The molecule has 2 aromatic rings. The SMILES string of the molecule is COC(=O)CCSc1ccc2cc(O)c(O)cc2c1. The van der Waals surface area contributed by atoms with E-state index in [1.165, 1.54) is 19.2 Å². The van der Waals surface area contributed by atoms with Crippen LogP contribution in [0.15, 0.2) is 35.2 Å². The molecule has 0 heterocycles. The average molecular weight is 278 g/mol. The summed E-state index contributed by atoms with van der Waals surface area (Å²) in [4.78, 5) is 12.0. The van der Waals surface area contributed by atoms with Crippen LogP contribution in [0.3, 0.4) is 0 Å². The maximum atomic E-state index is 11.0. The van der Waals surface area contributed by atoms with Gasteiger partial charge in [0, 0.05) is 10.6 Å². The summed E-state index contributed by atoms with van der Waals surface area (Å²) in [6, 6.07) is 8.74. The number of aromatic hydroxyl groups is 2. The predicted octanol–water partition coefficient (Wildman–Crippen LogP) is 2.91. The lowest BCUT2D eigenvalue weighted by Crippen LogP contribution is -2.00. The number of thioether (sulfide) groups is 1. The summed E-state index contributed by atoms with van der Waals surface area (Å²) in [5.41, 5.74) is 0. The highest BCUT2D eigenvalue weighted by molar-refractivity contribution is 7.99. The van der Waals surface area contributed by atoms with Crippen LogP contribution in [0.1, 0.15) is 6.42 Å². The minimum absolute atomic E-state index is 0.126. The Morgan fingerprint density at radius 2 is 1.84 bits per heavy atom. The Bertz CT molecular complexity index is 610. The van der Waals surface area contributed by atoms with E-state index in [0.717, 1.165) is 15.7 Å². The van der Waals surface area contributed by atoms with Crippen molar-refractivity contribution < 1.29 is 19.7 Å². The van der Waals surface area contributed by atoms with Gasteiger partial charge in [-0.05, 0) is 35.0 Å². The molecule has 0 amide bonds. The number of phenolic OH excluding ortho intramolecular Hbond substituents is 2. The molecule has 0 bridgehead atoms.